The Bertz CT molecular complexity index is 624. The van der Waals surface area contributed by atoms with Gasteiger partial charge in [0.1, 0.15) is 4.90 Å². The highest BCUT2D eigenvalue weighted by atomic mass is 32.2. The van der Waals surface area contributed by atoms with Crippen LogP contribution in [-0.2, 0) is 24.3 Å². The number of sulfonamides is 1. The van der Waals surface area contributed by atoms with E-state index < -0.39 is 33.8 Å². The van der Waals surface area contributed by atoms with E-state index in [1.807, 2.05) is 0 Å². The molecule has 0 aromatic carbocycles. The van der Waals surface area contributed by atoms with Gasteiger partial charge in [0.25, 0.3) is 0 Å². The number of aromatic amines is 1. The normalized spacial score (nSPS) is 28.2. The first-order chi connectivity index (χ1) is 9.00. The van der Waals surface area contributed by atoms with Gasteiger partial charge >= 0.3 is 11.9 Å². The van der Waals surface area contributed by atoms with Crippen LogP contribution in [0.3, 0.4) is 0 Å². The van der Waals surface area contributed by atoms with E-state index >= 15 is 0 Å². The van der Waals surface area contributed by atoms with Gasteiger partial charge in [-0.15, -0.1) is 0 Å². The second-order valence-electron chi connectivity index (χ2n) is 4.54. The Morgan fingerprint density at radius 3 is 2.74 bits per heavy atom. The summed E-state index contributed by atoms with van der Waals surface area (Å²) >= 11 is 0. The maximum absolute atomic E-state index is 12.3. The molecular formula is C10H11N3O5S. The molecule has 0 radical (unpaired) electrons. The van der Waals surface area contributed by atoms with Crippen LogP contribution in [0.2, 0.25) is 0 Å². The first-order valence-corrected chi connectivity index (χ1v) is 7.18. The number of hydrogen-bond donors (Lipinski definition) is 1. The molecule has 2 fully saturated rings. The van der Waals surface area contributed by atoms with Gasteiger partial charge in [-0.1, -0.05) is 0 Å². The summed E-state index contributed by atoms with van der Waals surface area (Å²) in [6, 6.07) is 0. The van der Waals surface area contributed by atoms with Gasteiger partial charge in [-0.2, -0.15) is 9.40 Å². The van der Waals surface area contributed by atoms with Crippen LogP contribution in [0.15, 0.2) is 17.3 Å². The molecule has 1 aromatic heterocycles. The van der Waals surface area contributed by atoms with E-state index in [0.29, 0.717) is 6.42 Å². The minimum Gasteiger partial charge on any atom is -0.393 e. The number of hydrogen-bond acceptors (Lipinski definition) is 6. The average Bonchev–Trinajstić information content (AvgIpc) is 2.99. The van der Waals surface area contributed by atoms with E-state index in [1.54, 1.807) is 0 Å². The predicted octanol–water partition coefficient (Wildman–Crippen LogP) is -0.880. The quantitative estimate of drug-likeness (QED) is 0.558. The van der Waals surface area contributed by atoms with Crippen molar-refractivity contribution >= 4 is 22.0 Å². The summed E-state index contributed by atoms with van der Waals surface area (Å²) < 4.78 is 30.2. The minimum absolute atomic E-state index is 0.0250. The predicted molar refractivity (Wildman–Crippen MR) is 60.0 cm³/mol. The van der Waals surface area contributed by atoms with Crippen LogP contribution in [0.4, 0.5) is 0 Å². The van der Waals surface area contributed by atoms with Crippen molar-refractivity contribution in [2.24, 2.45) is 11.8 Å². The van der Waals surface area contributed by atoms with Gasteiger partial charge < -0.3 is 4.74 Å². The van der Waals surface area contributed by atoms with Gasteiger partial charge in [0.05, 0.1) is 18.0 Å². The van der Waals surface area contributed by atoms with E-state index in [1.165, 1.54) is 16.7 Å². The number of carbonyl (C=O) groups excluding carboxylic acids is 2. The number of fused-ring (bicyclic) bond motifs is 1. The summed E-state index contributed by atoms with van der Waals surface area (Å²) in [5.41, 5.74) is 0. The van der Waals surface area contributed by atoms with E-state index in [2.05, 4.69) is 14.9 Å². The topological polar surface area (TPSA) is 109 Å². The Kier molecular flexibility index (Phi) is 2.68. The molecule has 9 heteroatoms. The molecule has 3 rings (SSSR count). The molecule has 8 nitrogen and oxygen atoms in total. The third-order valence-electron chi connectivity index (χ3n) is 3.49. The number of carbonyl (C=O) groups is 2. The SMILES string of the molecule is O=C1OC(=O)C2CN(S(=O)(=O)c3cn[nH]c3)CCC12. The summed E-state index contributed by atoms with van der Waals surface area (Å²) in [5.74, 6) is -2.39. The highest BCUT2D eigenvalue weighted by Crippen LogP contribution is 2.33. The molecule has 0 saturated carbocycles. The zero-order valence-corrected chi connectivity index (χ0v) is 10.6. The molecule has 1 aromatic rings. The molecule has 19 heavy (non-hydrogen) atoms. The lowest BCUT2D eigenvalue weighted by molar-refractivity contribution is -0.153. The lowest BCUT2D eigenvalue weighted by Crippen LogP contribution is -2.44. The fraction of sp³-hybridized carbons (Fsp3) is 0.500. The minimum atomic E-state index is -3.68. The van der Waals surface area contributed by atoms with E-state index in [-0.39, 0.29) is 18.0 Å². The number of nitrogens with one attached hydrogen (secondary N) is 1. The number of H-pyrrole nitrogens is 1. The summed E-state index contributed by atoms with van der Waals surface area (Å²) in [7, 11) is -3.68. The zero-order chi connectivity index (χ0) is 13.6. The summed E-state index contributed by atoms with van der Waals surface area (Å²) in [6.45, 7) is 0.166. The lowest BCUT2D eigenvalue weighted by Gasteiger charge is -2.30. The molecule has 0 aliphatic carbocycles. The number of cyclic esters (lactones) is 2. The number of piperidine rings is 1. The molecule has 2 aliphatic heterocycles. The number of esters is 2. The van der Waals surface area contributed by atoms with Crippen molar-refractivity contribution in [1.82, 2.24) is 14.5 Å². The molecule has 0 amide bonds. The van der Waals surface area contributed by atoms with E-state index in [9.17, 15) is 18.0 Å². The largest absolute Gasteiger partial charge is 0.393 e. The highest BCUT2D eigenvalue weighted by molar-refractivity contribution is 7.89. The average molecular weight is 285 g/mol. The molecule has 102 valence electrons. The Labute approximate surface area is 108 Å². The third kappa shape index (κ3) is 1.85. The van der Waals surface area contributed by atoms with Crippen molar-refractivity contribution in [3.63, 3.8) is 0 Å². The van der Waals surface area contributed by atoms with Crippen molar-refractivity contribution in [2.45, 2.75) is 11.3 Å². The molecule has 3 heterocycles. The van der Waals surface area contributed by atoms with Crippen molar-refractivity contribution < 1.29 is 22.7 Å². The zero-order valence-electron chi connectivity index (χ0n) is 9.77. The molecule has 2 saturated heterocycles. The van der Waals surface area contributed by atoms with Gasteiger partial charge in [0, 0.05) is 19.3 Å². The van der Waals surface area contributed by atoms with Crippen molar-refractivity contribution in [2.75, 3.05) is 13.1 Å². The second kappa shape index (κ2) is 4.14. The fourth-order valence-corrected chi connectivity index (χ4v) is 3.83. The van der Waals surface area contributed by atoms with Crippen molar-refractivity contribution in [3.05, 3.63) is 12.4 Å². The molecular weight excluding hydrogens is 274 g/mol. The van der Waals surface area contributed by atoms with Gasteiger partial charge in [-0.05, 0) is 6.42 Å². The summed E-state index contributed by atoms with van der Waals surface area (Å²) in [6.07, 6.45) is 2.78. The highest BCUT2D eigenvalue weighted by Gasteiger charge is 2.49. The van der Waals surface area contributed by atoms with Crippen LogP contribution in [0.1, 0.15) is 6.42 Å². The molecule has 1 N–H and O–H groups in total. The van der Waals surface area contributed by atoms with Gasteiger partial charge in [-0.3, -0.25) is 14.7 Å². The van der Waals surface area contributed by atoms with E-state index in [4.69, 9.17) is 0 Å². The van der Waals surface area contributed by atoms with Crippen LogP contribution in [0, 0.1) is 11.8 Å². The molecule has 2 aliphatic rings. The maximum Gasteiger partial charge on any atom is 0.318 e. The van der Waals surface area contributed by atoms with E-state index in [0.717, 1.165) is 0 Å². The van der Waals surface area contributed by atoms with Gasteiger partial charge in [-0.25, -0.2) is 8.42 Å². The first kappa shape index (κ1) is 12.3. The second-order valence-corrected chi connectivity index (χ2v) is 6.48. The standard InChI is InChI=1S/C10H11N3O5S/c14-9-7-1-2-13(5-8(7)10(15)18-9)19(16,17)6-3-11-12-4-6/h3-4,7-8H,1-2,5H2,(H,11,12). The van der Waals surface area contributed by atoms with Crippen molar-refractivity contribution in [1.29, 1.82) is 0 Å². The fourth-order valence-electron chi connectivity index (χ4n) is 2.44. The van der Waals surface area contributed by atoms with Crippen LogP contribution in [0.5, 0.6) is 0 Å². The first-order valence-electron chi connectivity index (χ1n) is 5.74. The van der Waals surface area contributed by atoms with Gasteiger partial charge in [0.2, 0.25) is 10.0 Å². The molecule has 2 atom stereocenters. The van der Waals surface area contributed by atoms with Crippen LogP contribution in [-0.4, -0.2) is 47.9 Å². The Hall–Kier alpha value is -1.74. The lowest BCUT2D eigenvalue weighted by atomic mass is 9.89. The smallest absolute Gasteiger partial charge is 0.318 e. The van der Waals surface area contributed by atoms with Gasteiger partial charge in [0.15, 0.2) is 0 Å². The molecule has 2 unspecified atom stereocenters. The number of nitrogens with zero attached hydrogens (tertiary/aromatic N) is 2. The molecule has 0 spiro atoms. The third-order valence-corrected chi connectivity index (χ3v) is 5.32. The summed E-state index contributed by atoms with van der Waals surface area (Å²) in [5, 5.41) is 6.04. The monoisotopic (exact) mass is 285 g/mol. The Morgan fingerprint density at radius 1 is 1.32 bits per heavy atom. The molecule has 0 bridgehead atoms. The number of rotatable bonds is 2. The Balaban J connectivity index is 1.86. The van der Waals surface area contributed by atoms with Crippen molar-refractivity contribution in [3.8, 4) is 0 Å². The maximum atomic E-state index is 12.3. The summed E-state index contributed by atoms with van der Waals surface area (Å²) in [4.78, 5) is 22.9. The number of aromatic nitrogens is 2. The van der Waals surface area contributed by atoms with Crippen LogP contribution >= 0.6 is 0 Å². The van der Waals surface area contributed by atoms with Crippen LogP contribution in [0.25, 0.3) is 0 Å². The van der Waals surface area contributed by atoms with Crippen LogP contribution < -0.4 is 0 Å². The Morgan fingerprint density at radius 2 is 2.05 bits per heavy atom. The number of ether oxygens (including phenoxy) is 1.